The molecule has 1 atom stereocenters. The zero-order valence-corrected chi connectivity index (χ0v) is 11.3. The third kappa shape index (κ3) is 2.37. The van der Waals surface area contributed by atoms with Crippen molar-refractivity contribution in [2.24, 2.45) is 0 Å². The highest BCUT2D eigenvalue weighted by atomic mass is 16.2. The third-order valence-corrected chi connectivity index (χ3v) is 3.76. The van der Waals surface area contributed by atoms with E-state index in [1.54, 1.807) is 0 Å². The number of amides is 1. The molecule has 0 aliphatic carbocycles. The van der Waals surface area contributed by atoms with Crippen molar-refractivity contribution < 1.29 is 4.79 Å². The Bertz CT molecular complexity index is 618. The van der Waals surface area contributed by atoms with Crippen LogP contribution in [0.2, 0.25) is 0 Å². The van der Waals surface area contributed by atoms with Gasteiger partial charge in [0.05, 0.1) is 6.04 Å². The van der Waals surface area contributed by atoms with Crippen molar-refractivity contribution in [1.82, 2.24) is 4.90 Å². The van der Waals surface area contributed by atoms with Gasteiger partial charge in [-0.15, -0.1) is 0 Å². The molecule has 1 amide bonds. The van der Waals surface area contributed by atoms with Crippen molar-refractivity contribution in [3.63, 3.8) is 0 Å². The van der Waals surface area contributed by atoms with Crippen LogP contribution in [0, 0.1) is 0 Å². The van der Waals surface area contributed by atoms with E-state index in [2.05, 4.69) is 30.8 Å². The van der Waals surface area contributed by atoms with Gasteiger partial charge < -0.3 is 4.90 Å². The lowest BCUT2D eigenvalue weighted by molar-refractivity contribution is -0.126. The average Bonchev–Trinajstić information content (AvgIpc) is 2.78. The van der Waals surface area contributed by atoms with Crippen molar-refractivity contribution in [3.05, 3.63) is 83.9 Å². The Balaban J connectivity index is 1.89. The minimum absolute atomic E-state index is 0.0720. The smallest absolute Gasteiger partial charge is 0.250 e. The van der Waals surface area contributed by atoms with E-state index in [1.807, 2.05) is 41.3 Å². The van der Waals surface area contributed by atoms with E-state index in [4.69, 9.17) is 0 Å². The fraction of sp³-hybridized carbons (Fsp3) is 0.167. The predicted octanol–water partition coefficient (Wildman–Crippen LogP) is 3.72. The molecule has 0 aromatic heterocycles. The van der Waals surface area contributed by atoms with E-state index in [-0.39, 0.29) is 11.9 Å². The third-order valence-electron chi connectivity index (χ3n) is 3.76. The zero-order chi connectivity index (χ0) is 13.9. The van der Waals surface area contributed by atoms with Gasteiger partial charge in [0.15, 0.2) is 0 Å². The molecular formula is C18H17NO. The molecule has 20 heavy (non-hydrogen) atoms. The zero-order valence-electron chi connectivity index (χ0n) is 11.3. The number of rotatable bonds is 3. The highest BCUT2D eigenvalue weighted by Crippen LogP contribution is 2.36. The maximum atomic E-state index is 12.3. The van der Waals surface area contributed by atoms with Gasteiger partial charge in [-0.25, -0.2) is 0 Å². The van der Waals surface area contributed by atoms with E-state index in [9.17, 15) is 4.79 Å². The topological polar surface area (TPSA) is 20.3 Å². The number of nitrogens with zero attached hydrogens (tertiary/aromatic N) is 1. The molecule has 1 fully saturated rings. The van der Waals surface area contributed by atoms with Crippen molar-refractivity contribution in [2.45, 2.75) is 19.0 Å². The molecule has 1 aliphatic rings. The molecule has 1 heterocycles. The van der Waals surface area contributed by atoms with Crippen LogP contribution in [0.3, 0.4) is 0 Å². The van der Waals surface area contributed by atoms with Crippen LogP contribution in [0.1, 0.15) is 23.6 Å². The van der Waals surface area contributed by atoms with Gasteiger partial charge >= 0.3 is 0 Å². The Kier molecular flexibility index (Phi) is 3.38. The summed E-state index contributed by atoms with van der Waals surface area (Å²) in [4.78, 5) is 14.2. The number of carbonyl (C=O) groups excluding carboxylic acids is 1. The quantitative estimate of drug-likeness (QED) is 0.773. The number of likely N-dealkylation sites (tertiary alicyclic amines) is 1. The molecule has 1 aliphatic heterocycles. The van der Waals surface area contributed by atoms with E-state index < -0.39 is 0 Å². The first-order valence-corrected chi connectivity index (χ1v) is 6.83. The number of benzene rings is 2. The molecule has 0 radical (unpaired) electrons. The van der Waals surface area contributed by atoms with Crippen LogP contribution in [0.5, 0.6) is 0 Å². The van der Waals surface area contributed by atoms with Gasteiger partial charge in [0.25, 0.3) is 0 Å². The Labute approximate surface area is 119 Å². The number of hydrogen-bond donors (Lipinski definition) is 0. The minimum atomic E-state index is 0.0720. The number of hydrogen-bond acceptors (Lipinski definition) is 1. The molecule has 1 unspecified atom stereocenters. The molecule has 0 N–H and O–H groups in total. The van der Waals surface area contributed by atoms with Crippen molar-refractivity contribution in [2.75, 3.05) is 0 Å². The van der Waals surface area contributed by atoms with E-state index >= 15 is 0 Å². The lowest BCUT2D eigenvalue weighted by atomic mass is 10.0. The van der Waals surface area contributed by atoms with Gasteiger partial charge in [-0.3, -0.25) is 4.79 Å². The SMILES string of the molecule is C=C1CC(c2ccccc2)N(Cc2ccccc2)C1=O. The molecule has 2 heteroatoms. The summed E-state index contributed by atoms with van der Waals surface area (Å²) in [5.41, 5.74) is 3.03. The molecule has 0 bridgehead atoms. The minimum Gasteiger partial charge on any atom is -0.327 e. The Morgan fingerprint density at radius 2 is 1.60 bits per heavy atom. The van der Waals surface area contributed by atoms with Gasteiger partial charge in [0.1, 0.15) is 0 Å². The lowest BCUT2D eigenvalue weighted by Gasteiger charge is -2.24. The highest BCUT2D eigenvalue weighted by molar-refractivity contribution is 5.95. The molecular weight excluding hydrogens is 246 g/mol. The summed E-state index contributed by atoms with van der Waals surface area (Å²) < 4.78 is 0. The largest absolute Gasteiger partial charge is 0.327 e. The van der Waals surface area contributed by atoms with Crippen LogP contribution in [0.25, 0.3) is 0 Å². The van der Waals surface area contributed by atoms with Crippen molar-refractivity contribution >= 4 is 5.91 Å². The van der Waals surface area contributed by atoms with E-state index in [0.29, 0.717) is 12.1 Å². The Hall–Kier alpha value is -2.35. The van der Waals surface area contributed by atoms with Crippen molar-refractivity contribution in [3.8, 4) is 0 Å². The van der Waals surface area contributed by atoms with Gasteiger partial charge in [0.2, 0.25) is 5.91 Å². The highest BCUT2D eigenvalue weighted by Gasteiger charge is 2.34. The summed E-state index contributed by atoms with van der Waals surface area (Å²) >= 11 is 0. The van der Waals surface area contributed by atoms with E-state index in [0.717, 1.165) is 12.0 Å². The predicted molar refractivity (Wildman–Crippen MR) is 79.9 cm³/mol. The van der Waals surface area contributed by atoms with Gasteiger partial charge in [-0.2, -0.15) is 0 Å². The van der Waals surface area contributed by atoms with Crippen LogP contribution < -0.4 is 0 Å². The standard InChI is InChI=1S/C18H17NO/c1-14-12-17(16-10-6-3-7-11-16)19(18(14)20)13-15-8-4-2-5-9-15/h2-11,17H,1,12-13H2. The second-order valence-electron chi connectivity index (χ2n) is 5.15. The van der Waals surface area contributed by atoms with Crippen LogP contribution in [0.4, 0.5) is 0 Å². The number of carbonyl (C=O) groups is 1. The van der Waals surface area contributed by atoms with Gasteiger partial charge in [0, 0.05) is 18.5 Å². The summed E-state index contributed by atoms with van der Waals surface area (Å²) in [6, 6.07) is 20.4. The average molecular weight is 263 g/mol. The summed E-state index contributed by atoms with van der Waals surface area (Å²) in [5.74, 6) is 0.0720. The van der Waals surface area contributed by atoms with Crippen LogP contribution in [-0.4, -0.2) is 10.8 Å². The second kappa shape index (κ2) is 5.33. The molecule has 2 aromatic carbocycles. The van der Waals surface area contributed by atoms with Crippen LogP contribution in [-0.2, 0) is 11.3 Å². The molecule has 2 aromatic rings. The molecule has 3 rings (SSSR count). The summed E-state index contributed by atoms with van der Waals surface area (Å²) in [6.07, 6.45) is 0.718. The fourth-order valence-electron chi connectivity index (χ4n) is 2.71. The molecule has 100 valence electrons. The summed E-state index contributed by atoms with van der Waals surface area (Å²) in [7, 11) is 0. The maximum absolute atomic E-state index is 12.3. The van der Waals surface area contributed by atoms with Crippen LogP contribution in [0.15, 0.2) is 72.8 Å². The Morgan fingerprint density at radius 3 is 2.25 bits per heavy atom. The molecule has 0 saturated carbocycles. The Morgan fingerprint density at radius 1 is 1.00 bits per heavy atom. The molecule has 1 saturated heterocycles. The van der Waals surface area contributed by atoms with E-state index in [1.165, 1.54) is 5.56 Å². The first kappa shape index (κ1) is 12.7. The summed E-state index contributed by atoms with van der Waals surface area (Å²) in [5, 5.41) is 0. The second-order valence-corrected chi connectivity index (χ2v) is 5.15. The summed E-state index contributed by atoms with van der Waals surface area (Å²) in [6.45, 7) is 4.55. The van der Waals surface area contributed by atoms with Gasteiger partial charge in [-0.1, -0.05) is 67.2 Å². The normalized spacial score (nSPS) is 18.6. The van der Waals surface area contributed by atoms with Crippen molar-refractivity contribution in [1.29, 1.82) is 0 Å². The monoisotopic (exact) mass is 263 g/mol. The van der Waals surface area contributed by atoms with Gasteiger partial charge in [-0.05, 0) is 11.1 Å². The molecule has 0 spiro atoms. The fourth-order valence-corrected chi connectivity index (χ4v) is 2.71. The molecule has 2 nitrogen and oxygen atoms in total. The first-order valence-electron chi connectivity index (χ1n) is 6.83. The van der Waals surface area contributed by atoms with Crippen LogP contribution >= 0.6 is 0 Å². The maximum Gasteiger partial charge on any atom is 0.250 e. The lowest BCUT2D eigenvalue weighted by Crippen LogP contribution is -2.27. The first-order chi connectivity index (χ1) is 9.75.